The summed E-state index contributed by atoms with van der Waals surface area (Å²) in [6.07, 6.45) is 13.2. The van der Waals surface area contributed by atoms with E-state index in [1.165, 1.54) is 51.4 Å². The molecule has 0 aliphatic heterocycles. The maximum absolute atomic E-state index is 10.5. The van der Waals surface area contributed by atoms with Gasteiger partial charge in [-0.2, -0.15) is 0 Å². The molecule has 0 aromatic carbocycles. The zero-order valence-corrected chi connectivity index (χ0v) is 12.5. The molecule has 0 radical (unpaired) electrons. The fourth-order valence-electron chi connectivity index (χ4n) is 2.60. The molecule has 1 amide bonds. The van der Waals surface area contributed by atoms with E-state index in [1.807, 2.05) is 0 Å². The van der Waals surface area contributed by atoms with Gasteiger partial charge in [-0.05, 0) is 25.7 Å². The van der Waals surface area contributed by atoms with E-state index in [0.717, 1.165) is 18.9 Å². The second-order valence-corrected chi connectivity index (χ2v) is 6.05. The summed E-state index contributed by atoms with van der Waals surface area (Å²) in [7, 11) is 0. The van der Waals surface area contributed by atoms with Crippen LogP contribution in [0.4, 0.5) is 4.79 Å². The van der Waals surface area contributed by atoms with Gasteiger partial charge in [-0.15, -0.1) is 0 Å². The van der Waals surface area contributed by atoms with Gasteiger partial charge in [-0.3, -0.25) is 0 Å². The van der Waals surface area contributed by atoms with Crippen LogP contribution in [0.5, 0.6) is 0 Å². The Hall–Kier alpha value is -0.0505. The Morgan fingerprint density at radius 2 is 1.41 bits per heavy atom. The third kappa shape index (κ3) is 7.80. The summed E-state index contributed by atoms with van der Waals surface area (Å²) < 4.78 is 0. The molecular weight excluding hydrogens is 279 g/mol. The van der Waals surface area contributed by atoms with Gasteiger partial charge in [0.15, 0.2) is 0 Å². The van der Waals surface area contributed by atoms with Crippen LogP contribution < -0.4 is 11.1 Å². The average molecular weight is 305 g/mol. The molecule has 2 saturated carbocycles. The Morgan fingerprint density at radius 3 is 1.76 bits per heavy atom. The molecule has 0 spiro atoms. The summed E-state index contributed by atoms with van der Waals surface area (Å²) in [5, 5.41) is 2.89. The van der Waals surface area contributed by atoms with Crippen LogP contribution in [0.1, 0.15) is 64.2 Å². The first-order valence-electron chi connectivity index (χ1n) is 6.99. The summed E-state index contributed by atoms with van der Waals surface area (Å²) in [5.74, 6) is 0. The summed E-state index contributed by atoms with van der Waals surface area (Å²) in [4.78, 5) is 10.5. The maximum atomic E-state index is 10.5. The van der Waals surface area contributed by atoms with Gasteiger partial charge in [0.05, 0.1) is 6.04 Å². The maximum Gasteiger partial charge on any atom is 0.0843 e. The van der Waals surface area contributed by atoms with Gasteiger partial charge in [0.2, 0.25) is 0 Å². The van der Waals surface area contributed by atoms with E-state index in [9.17, 15) is 4.79 Å². The second kappa shape index (κ2) is 8.96. The van der Waals surface area contributed by atoms with E-state index in [4.69, 9.17) is 0 Å². The molecule has 0 unspecified atom stereocenters. The standard InChI is InChI=1S/C7H13NOSe.C6H13N/c9-7(10)8-6-4-2-1-3-5-6;7-6-4-2-1-3-5-6/h6H,1-5H2,(H2,8,9,10);6H,1-5,7H2. The first-order chi connectivity index (χ1) is 8.18. The molecule has 0 bridgehead atoms. The van der Waals surface area contributed by atoms with Crippen molar-refractivity contribution in [2.45, 2.75) is 76.3 Å². The normalized spacial score (nSPS) is 22.4. The van der Waals surface area contributed by atoms with Gasteiger partial charge in [-0.25, -0.2) is 0 Å². The molecule has 2 aliphatic rings. The van der Waals surface area contributed by atoms with Gasteiger partial charge in [0.25, 0.3) is 0 Å². The van der Waals surface area contributed by atoms with E-state index in [1.54, 1.807) is 0 Å². The Morgan fingerprint density at radius 1 is 0.941 bits per heavy atom. The minimum absolute atomic E-state index is 0.00750. The first kappa shape index (κ1) is 15.0. The largest absolute Gasteiger partial charge is 0.355 e. The third-order valence-corrected chi connectivity index (χ3v) is 3.90. The van der Waals surface area contributed by atoms with E-state index >= 15 is 0 Å². The van der Waals surface area contributed by atoms with Gasteiger partial charge in [0.1, 0.15) is 0 Å². The Kier molecular flexibility index (Phi) is 7.91. The molecule has 2 fully saturated rings. The number of carbonyl (C=O) groups excluding carboxylic acids is 1. The molecule has 4 N–H and O–H groups in total. The molecule has 100 valence electrons. The number of carbonyl (C=O) groups is 1. The number of rotatable bonds is 1. The molecule has 0 aromatic rings. The number of hydrogen-bond donors (Lipinski definition) is 2. The molecule has 0 saturated heterocycles. The molecule has 0 heterocycles. The third-order valence-electron chi connectivity index (χ3n) is 3.65. The van der Waals surface area contributed by atoms with Gasteiger partial charge in [-0.1, -0.05) is 6.42 Å². The fourth-order valence-corrected chi connectivity index (χ4v) is 2.95. The fraction of sp³-hybridized carbons (Fsp3) is 0.923. The molecule has 17 heavy (non-hydrogen) atoms. The molecule has 4 heteroatoms. The van der Waals surface area contributed by atoms with Crippen molar-refractivity contribution in [3.05, 3.63) is 0 Å². The average Bonchev–Trinajstić information content (AvgIpc) is 2.31. The molecule has 2 rings (SSSR count). The summed E-state index contributed by atoms with van der Waals surface area (Å²) in [6, 6.07) is 1.23. The van der Waals surface area contributed by atoms with E-state index in [0.29, 0.717) is 6.04 Å². The zero-order chi connectivity index (χ0) is 12.5. The summed E-state index contributed by atoms with van der Waals surface area (Å²) >= 11 is 2.44. The molecule has 0 atom stereocenters. The molecule has 0 aromatic heterocycles. The summed E-state index contributed by atoms with van der Waals surface area (Å²) in [6.45, 7) is 0. The van der Waals surface area contributed by atoms with Crippen molar-refractivity contribution in [2.24, 2.45) is 0 Å². The minimum Gasteiger partial charge on any atom is -0.355 e. The first-order valence-corrected chi connectivity index (χ1v) is 7.84. The smallest absolute Gasteiger partial charge is 0.0843 e. The van der Waals surface area contributed by atoms with Crippen molar-refractivity contribution >= 4 is 20.8 Å². The van der Waals surface area contributed by atoms with Crippen LogP contribution >= 0.6 is 0 Å². The van der Waals surface area contributed by atoms with Gasteiger partial charge >= 0.3 is 69.1 Å². The SMILES string of the molecule is O=C([Se-])NC1CCCCC1.[NH3+]C1CCCCC1. The number of amides is 1. The van der Waals surface area contributed by atoms with Crippen molar-refractivity contribution in [3.8, 4) is 0 Å². The van der Waals surface area contributed by atoms with E-state index in [-0.39, 0.29) is 4.81 Å². The molecule has 2 aliphatic carbocycles. The van der Waals surface area contributed by atoms with Crippen LogP contribution in [0.2, 0.25) is 0 Å². The van der Waals surface area contributed by atoms with Crippen molar-refractivity contribution < 1.29 is 10.5 Å². The molecule has 3 nitrogen and oxygen atoms in total. The minimum atomic E-state index is -0.00750. The van der Waals surface area contributed by atoms with Crippen LogP contribution in [0, 0.1) is 0 Å². The van der Waals surface area contributed by atoms with Gasteiger partial charge < -0.3 is 5.73 Å². The summed E-state index contributed by atoms with van der Waals surface area (Å²) in [5.41, 5.74) is 4.00. The Bertz CT molecular complexity index is 211. The second-order valence-electron chi connectivity index (χ2n) is 5.27. The van der Waals surface area contributed by atoms with Crippen LogP contribution in [-0.2, 0) is 0 Å². The predicted octanol–water partition coefficient (Wildman–Crippen LogP) is 1.76. The van der Waals surface area contributed by atoms with Gasteiger partial charge in [0, 0.05) is 0 Å². The Labute approximate surface area is 113 Å². The number of nitrogens with one attached hydrogen (secondary N) is 1. The van der Waals surface area contributed by atoms with E-state index < -0.39 is 0 Å². The van der Waals surface area contributed by atoms with Crippen molar-refractivity contribution in [1.29, 1.82) is 0 Å². The molecular formula is C13H26N2OSe. The number of hydrogen-bond acceptors (Lipinski definition) is 1. The van der Waals surface area contributed by atoms with E-state index in [2.05, 4.69) is 27.1 Å². The van der Waals surface area contributed by atoms with Crippen LogP contribution in [0.15, 0.2) is 0 Å². The zero-order valence-electron chi connectivity index (χ0n) is 10.7. The monoisotopic (exact) mass is 306 g/mol. The van der Waals surface area contributed by atoms with Crippen molar-refractivity contribution in [3.63, 3.8) is 0 Å². The number of quaternary nitrogens is 1. The Balaban J connectivity index is 0.000000181. The topological polar surface area (TPSA) is 56.7 Å². The quantitative estimate of drug-likeness (QED) is 0.713. The predicted molar refractivity (Wildman–Crippen MR) is 70.9 cm³/mol. The van der Waals surface area contributed by atoms with Crippen LogP contribution in [0.25, 0.3) is 0 Å². The van der Waals surface area contributed by atoms with Crippen molar-refractivity contribution in [1.82, 2.24) is 5.32 Å². The van der Waals surface area contributed by atoms with Crippen LogP contribution in [-0.4, -0.2) is 32.9 Å². The van der Waals surface area contributed by atoms with Crippen LogP contribution in [0.3, 0.4) is 0 Å². The van der Waals surface area contributed by atoms with Crippen molar-refractivity contribution in [2.75, 3.05) is 0 Å².